The van der Waals surface area contributed by atoms with Gasteiger partial charge in [-0.15, -0.1) is 11.3 Å². The molecule has 1 aliphatic rings. The van der Waals surface area contributed by atoms with Gasteiger partial charge < -0.3 is 4.74 Å². The van der Waals surface area contributed by atoms with Crippen LogP contribution in [0, 0.1) is 0 Å². The molecule has 1 saturated heterocycles. The van der Waals surface area contributed by atoms with E-state index in [9.17, 15) is 0 Å². The van der Waals surface area contributed by atoms with Gasteiger partial charge in [0.25, 0.3) is 0 Å². The van der Waals surface area contributed by atoms with Gasteiger partial charge in [0.15, 0.2) is 0 Å². The van der Waals surface area contributed by atoms with Crippen LogP contribution < -0.4 is 0 Å². The summed E-state index contributed by atoms with van der Waals surface area (Å²) in [7, 11) is 2.14. The Morgan fingerprint density at radius 3 is 3.17 bits per heavy atom. The summed E-state index contributed by atoms with van der Waals surface area (Å²) in [5.41, 5.74) is 0. The van der Waals surface area contributed by atoms with E-state index < -0.39 is 0 Å². The Bertz CT molecular complexity index is 231. The number of ether oxygens (including phenoxy) is 1. The molecule has 1 aliphatic heterocycles. The second-order valence-corrected chi connectivity index (χ2v) is 4.26. The molecule has 1 aromatic rings. The van der Waals surface area contributed by atoms with E-state index in [0.29, 0.717) is 6.10 Å². The maximum Gasteiger partial charge on any atom is 0.0936 e. The van der Waals surface area contributed by atoms with Gasteiger partial charge in [0, 0.05) is 18.0 Å². The molecule has 0 aliphatic carbocycles. The fraction of sp³-hybridized carbons (Fsp3) is 0.556. The molecule has 0 amide bonds. The number of hydrogen-bond donors (Lipinski definition) is 0. The number of nitrogens with zero attached hydrogens (tertiary/aromatic N) is 1. The quantitative estimate of drug-likeness (QED) is 0.659. The number of rotatable bonds is 4. The van der Waals surface area contributed by atoms with E-state index >= 15 is 0 Å². The van der Waals surface area contributed by atoms with Gasteiger partial charge in [0.2, 0.25) is 0 Å². The lowest BCUT2D eigenvalue weighted by Crippen LogP contribution is -2.22. The second kappa shape index (κ2) is 3.56. The van der Waals surface area contributed by atoms with Crippen molar-refractivity contribution in [2.24, 2.45) is 0 Å². The summed E-state index contributed by atoms with van der Waals surface area (Å²) < 4.78 is 5.16. The molecule has 0 radical (unpaired) electrons. The van der Waals surface area contributed by atoms with Crippen LogP contribution in [0.2, 0.25) is 0 Å². The largest absolute Gasteiger partial charge is 0.372 e. The smallest absolute Gasteiger partial charge is 0.0936 e. The third kappa shape index (κ3) is 2.30. The van der Waals surface area contributed by atoms with Crippen molar-refractivity contribution in [1.29, 1.82) is 0 Å². The molecule has 0 spiro atoms. The molecular formula is C9H13NOS. The first-order chi connectivity index (χ1) is 5.84. The van der Waals surface area contributed by atoms with Gasteiger partial charge in [-0.1, -0.05) is 6.07 Å². The number of likely N-dealkylation sites (N-methyl/N-ethyl adjacent to an activating group) is 1. The zero-order valence-corrected chi connectivity index (χ0v) is 8.01. The molecule has 3 heteroatoms. The van der Waals surface area contributed by atoms with Gasteiger partial charge in [0.05, 0.1) is 12.7 Å². The lowest BCUT2D eigenvalue weighted by atomic mass is 10.4. The molecule has 1 atom stereocenters. The lowest BCUT2D eigenvalue weighted by molar-refractivity contribution is 0.280. The molecular weight excluding hydrogens is 170 g/mol. The average Bonchev–Trinajstić information content (AvgIpc) is 2.66. The molecule has 1 fully saturated rings. The van der Waals surface area contributed by atoms with Gasteiger partial charge >= 0.3 is 0 Å². The standard InChI is InChI=1S/C9H13NOS/c1-10(5-8-7-11-8)6-9-3-2-4-12-9/h2-4,8H,5-7H2,1H3. The van der Waals surface area contributed by atoms with Crippen molar-refractivity contribution < 1.29 is 4.74 Å². The van der Waals surface area contributed by atoms with Crippen LogP contribution in [0.15, 0.2) is 17.5 Å². The highest BCUT2D eigenvalue weighted by Crippen LogP contribution is 2.14. The summed E-state index contributed by atoms with van der Waals surface area (Å²) in [5.74, 6) is 0. The van der Waals surface area contributed by atoms with Crippen molar-refractivity contribution in [2.75, 3.05) is 20.2 Å². The zero-order valence-electron chi connectivity index (χ0n) is 7.19. The monoisotopic (exact) mass is 183 g/mol. The Balaban J connectivity index is 1.77. The number of epoxide rings is 1. The minimum Gasteiger partial charge on any atom is -0.372 e. The molecule has 2 nitrogen and oxygen atoms in total. The van der Waals surface area contributed by atoms with E-state index in [1.165, 1.54) is 4.88 Å². The number of thiophene rings is 1. The SMILES string of the molecule is CN(Cc1cccs1)CC1CO1. The normalized spacial score (nSPS) is 21.7. The van der Waals surface area contributed by atoms with Crippen LogP contribution in [-0.4, -0.2) is 31.2 Å². The van der Waals surface area contributed by atoms with Gasteiger partial charge in [-0.25, -0.2) is 0 Å². The first-order valence-electron chi connectivity index (χ1n) is 4.17. The Hall–Kier alpha value is -0.380. The van der Waals surface area contributed by atoms with Crippen LogP contribution in [-0.2, 0) is 11.3 Å². The summed E-state index contributed by atoms with van der Waals surface area (Å²) in [4.78, 5) is 3.74. The van der Waals surface area contributed by atoms with Gasteiger partial charge in [-0.05, 0) is 18.5 Å². The number of hydrogen-bond acceptors (Lipinski definition) is 3. The van der Waals surface area contributed by atoms with Crippen molar-refractivity contribution in [3.05, 3.63) is 22.4 Å². The minimum absolute atomic E-state index is 0.509. The van der Waals surface area contributed by atoms with Gasteiger partial charge in [-0.2, -0.15) is 0 Å². The Morgan fingerprint density at radius 2 is 2.58 bits per heavy atom. The molecule has 2 rings (SSSR count). The minimum atomic E-state index is 0.509. The third-order valence-corrected chi connectivity index (χ3v) is 2.78. The second-order valence-electron chi connectivity index (χ2n) is 3.23. The predicted molar refractivity (Wildman–Crippen MR) is 50.4 cm³/mol. The molecule has 1 unspecified atom stereocenters. The molecule has 1 aromatic heterocycles. The summed E-state index contributed by atoms with van der Waals surface area (Å²) in [6, 6.07) is 4.27. The van der Waals surface area contributed by atoms with Crippen LogP contribution in [0.4, 0.5) is 0 Å². The summed E-state index contributed by atoms with van der Waals surface area (Å²) in [6.07, 6.45) is 0.509. The van der Waals surface area contributed by atoms with Crippen LogP contribution in [0.25, 0.3) is 0 Å². The molecule has 66 valence electrons. The maximum absolute atomic E-state index is 5.16. The Labute approximate surface area is 76.8 Å². The fourth-order valence-electron chi connectivity index (χ4n) is 1.25. The van der Waals surface area contributed by atoms with Gasteiger partial charge in [0.1, 0.15) is 0 Å². The highest BCUT2D eigenvalue weighted by molar-refractivity contribution is 7.09. The van der Waals surface area contributed by atoms with E-state index in [2.05, 4.69) is 29.5 Å². The van der Waals surface area contributed by atoms with Crippen LogP contribution in [0.5, 0.6) is 0 Å². The van der Waals surface area contributed by atoms with E-state index in [1.54, 1.807) is 0 Å². The molecule has 12 heavy (non-hydrogen) atoms. The highest BCUT2D eigenvalue weighted by Gasteiger charge is 2.23. The molecule has 0 aromatic carbocycles. The average molecular weight is 183 g/mol. The zero-order chi connectivity index (χ0) is 8.39. The van der Waals surface area contributed by atoms with Crippen molar-refractivity contribution in [1.82, 2.24) is 4.90 Å². The Morgan fingerprint density at radius 1 is 1.75 bits per heavy atom. The van der Waals surface area contributed by atoms with Crippen LogP contribution in [0.1, 0.15) is 4.88 Å². The first-order valence-corrected chi connectivity index (χ1v) is 5.05. The molecule has 0 bridgehead atoms. The lowest BCUT2D eigenvalue weighted by Gasteiger charge is -2.13. The molecule has 2 heterocycles. The van der Waals surface area contributed by atoms with Crippen LogP contribution in [0.3, 0.4) is 0 Å². The van der Waals surface area contributed by atoms with Crippen molar-refractivity contribution in [2.45, 2.75) is 12.6 Å². The molecule has 0 N–H and O–H groups in total. The van der Waals surface area contributed by atoms with E-state index in [0.717, 1.165) is 19.7 Å². The van der Waals surface area contributed by atoms with Crippen molar-refractivity contribution >= 4 is 11.3 Å². The third-order valence-electron chi connectivity index (χ3n) is 1.92. The van der Waals surface area contributed by atoms with E-state index in [-0.39, 0.29) is 0 Å². The summed E-state index contributed by atoms with van der Waals surface area (Å²) >= 11 is 1.82. The van der Waals surface area contributed by atoms with Gasteiger partial charge in [-0.3, -0.25) is 4.90 Å². The summed E-state index contributed by atoms with van der Waals surface area (Å²) in [5, 5.41) is 2.12. The summed E-state index contributed by atoms with van der Waals surface area (Å²) in [6.45, 7) is 3.07. The highest BCUT2D eigenvalue weighted by atomic mass is 32.1. The predicted octanol–water partition coefficient (Wildman–Crippen LogP) is 1.58. The van der Waals surface area contributed by atoms with E-state index in [4.69, 9.17) is 4.74 Å². The van der Waals surface area contributed by atoms with E-state index in [1.807, 2.05) is 11.3 Å². The van der Waals surface area contributed by atoms with Crippen LogP contribution >= 0.6 is 11.3 Å². The topological polar surface area (TPSA) is 15.8 Å². The van der Waals surface area contributed by atoms with Crippen molar-refractivity contribution in [3.8, 4) is 0 Å². The Kier molecular flexibility index (Phi) is 2.44. The fourth-order valence-corrected chi connectivity index (χ4v) is 2.04. The van der Waals surface area contributed by atoms with Crippen molar-refractivity contribution in [3.63, 3.8) is 0 Å². The maximum atomic E-state index is 5.16. The molecule has 0 saturated carbocycles. The first kappa shape index (κ1) is 8.23.